The topological polar surface area (TPSA) is 62.1 Å². The fourth-order valence-corrected chi connectivity index (χ4v) is 4.50. The molecule has 2 aliphatic rings. The number of carbonyl (C=O) groups is 1. The average Bonchev–Trinajstić information content (AvgIpc) is 3.02. The lowest BCUT2D eigenvalue weighted by molar-refractivity contribution is -0.318. The van der Waals surface area contributed by atoms with Gasteiger partial charge in [-0.25, -0.2) is 0 Å². The number of nitrogens with zero attached hydrogens (tertiary/aromatic N) is 2. The molecular formula is C22H28ClF3N2O3. The second-order valence-corrected chi connectivity index (χ2v) is 9.49. The van der Waals surface area contributed by atoms with Gasteiger partial charge in [0.1, 0.15) is 5.75 Å². The minimum Gasteiger partial charge on any atom is -0.484 e. The van der Waals surface area contributed by atoms with Gasteiger partial charge in [-0.05, 0) is 61.3 Å². The smallest absolute Gasteiger partial charge is 0.439 e. The quantitative estimate of drug-likeness (QED) is 0.646. The van der Waals surface area contributed by atoms with Gasteiger partial charge in [-0.1, -0.05) is 38.8 Å². The van der Waals surface area contributed by atoms with Crippen LogP contribution in [0.3, 0.4) is 0 Å². The summed E-state index contributed by atoms with van der Waals surface area (Å²) in [5, 5.41) is 15.5. The van der Waals surface area contributed by atoms with Crippen molar-refractivity contribution in [1.82, 2.24) is 5.01 Å². The lowest BCUT2D eigenvalue weighted by Gasteiger charge is -2.43. The van der Waals surface area contributed by atoms with Crippen molar-refractivity contribution in [2.45, 2.75) is 65.3 Å². The number of hydrogen-bond donors (Lipinski definition) is 1. The van der Waals surface area contributed by atoms with Crippen LogP contribution in [0.25, 0.3) is 0 Å². The van der Waals surface area contributed by atoms with Crippen molar-refractivity contribution in [2.24, 2.45) is 22.4 Å². The largest absolute Gasteiger partial charge is 0.484 e. The molecule has 1 amide bonds. The SMILES string of the molecule is CCC(C)(C)[C@@H]1CCC2=NN(C(=O)COc3ccc(Cl)c(C)c3)[C@@](O)(C(F)(F)F)[C@@H]2C1. The lowest BCUT2D eigenvalue weighted by Crippen LogP contribution is -2.62. The van der Waals surface area contributed by atoms with E-state index in [1.165, 1.54) is 6.07 Å². The van der Waals surface area contributed by atoms with Gasteiger partial charge in [0.2, 0.25) is 0 Å². The number of aryl methyl sites for hydroxylation is 1. The number of halogens is 4. The van der Waals surface area contributed by atoms with Crippen LogP contribution < -0.4 is 4.74 Å². The van der Waals surface area contributed by atoms with Gasteiger partial charge in [-0.3, -0.25) is 4.79 Å². The first-order valence-corrected chi connectivity index (χ1v) is 10.8. The van der Waals surface area contributed by atoms with Crippen molar-refractivity contribution in [3.63, 3.8) is 0 Å². The van der Waals surface area contributed by atoms with Crippen LogP contribution in [0.15, 0.2) is 23.3 Å². The molecule has 1 heterocycles. The summed E-state index contributed by atoms with van der Waals surface area (Å²) in [6.07, 6.45) is -3.15. The van der Waals surface area contributed by atoms with Crippen LogP contribution in [-0.4, -0.2) is 40.2 Å². The Bertz CT molecular complexity index is 887. The number of rotatable bonds is 5. The zero-order valence-electron chi connectivity index (χ0n) is 18.1. The van der Waals surface area contributed by atoms with Gasteiger partial charge < -0.3 is 9.84 Å². The van der Waals surface area contributed by atoms with Crippen LogP contribution in [0.4, 0.5) is 13.2 Å². The third kappa shape index (κ3) is 4.29. The number of amides is 1. The molecule has 31 heavy (non-hydrogen) atoms. The Morgan fingerprint density at radius 2 is 2.06 bits per heavy atom. The van der Waals surface area contributed by atoms with E-state index < -0.39 is 30.3 Å². The monoisotopic (exact) mass is 460 g/mol. The molecule has 1 saturated carbocycles. The highest BCUT2D eigenvalue weighted by Crippen LogP contribution is 2.52. The summed E-state index contributed by atoms with van der Waals surface area (Å²) >= 11 is 5.95. The van der Waals surface area contributed by atoms with E-state index in [1.807, 2.05) is 20.8 Å². The number of hydrazone groups is 1. The van der Waals surface area contributed by atoms with E-state index in [9.17, 15) is 23.1 Å². The molecule has 1 aromatic rings. The highest BCUT2D eigenvalue weighted by Gasteiger charge is 2.69. The van der Waals surface area contributed by atoms with E-state index >= 15 is 0 Å². The first-order chi connectivity index (χ1) is 14.3. The molecule has 1 aromatic carbocycles. The van der Waals surface area contributed by atoms with E-state index in [2.05, 4.69) is 5.10 Å². The number of benzene rings is 1. The highest BCUT2D eigenvalue weighted by molar-refractivity contribution is 6.31. The normalized spacial score (nSPS) is 26.5. The minimum atomic E-state index is -5.06. The van der Waals surface area contributed by atoms with Gasteiger partial charge in [-0.15, -0.1) is 0 Å². The van der Waals surface area contributed by atoms with Crippen LogP contribution in [-0.2, 0) is 4.79 Å². The number of alkyl halides is 3. The van der Waals surface area contributed by atoms with Crippen molar-refractivity contribution in [3.8, 4) is 5.75 Å². The van der Waals surface area contributed by atoms with Gasteiger partial charge in [0, 0.05) is 10.7 Å². The molecule has 172 valence electrons. The summed E-state index contributed by atoms with van der Waals surface area (Å²) in [5.74, 6) is -2.06. The molecule has 0 aromatic heterocycles. The Morgan fingerprint density at radius 3 is 2.65 bits per heavy atom. The first-order valence-electron chi connectivity index (χ1n) is 10.4. The van der Waals surface area contributed by atoms with Crippen molar-refractivity contribution >= 4 is 23.2 Å². The molecular weight excluding hydrogens is 433 g/mol. The van der Waals surface area contributed by atoms with Crippen molar-refractivity contribution < 1.29 is 27.8 Å². The molecule has 1 aliphatic carbocycles. The van der Waals surface area contributed by atoms with Gasteiger partial charge >= 0.3 is 6.18 Å². The molecule has 1 fully saturated rings. The minimum absolute atomic E-state index is 0.0151. The van der Waals surface area contributed by atoms with E-state index in [0.29, 0.717) is 29.2 Å². The zero-order chi connectivity index (χ0) is 23.2. The van der Waals surface area contributed by atoms with Crippen LogP contribution in [0.2, 0.25) is 5.02 Å². The number of ether oxygens (including phenoxy) is 1. The highest BCUT2D eigenvalue weighted by atomic mass is 35.5. The third-order valence-electron chi connectivity index (χ3n) is 6.87. The summed E-state index contributed by atoms with van der Waals surface area (Å²) in [5.41, 5.74) is -2.62. The molecule has 0 unspecified atom stereocenters. The molecule has 0 saturated heterocycles. The summed E-state index contributed by atoms with van der Waals surface area (Å²) in [6.45, 7) is 7.09. The van der Waals surface area contributed by atoms with Crippen LogP contribution in [0, 0.1) is 24.2 Å². The second-order valence-electron chi connectivity index (χ2n) is 9.09. The number of aliphatic hydroxyl groups is 1. The van der Waals surface area contributed by atoms with Gasteiger partial charge in [0.25, 0.3) is 11.6 Å². The summed E-state index contributed by atoms with van der Waals surface area (Å²) in [7, 11) is 0. The number of fused-ring (bicyclic) bond motifs is 1. The Kier molecular flexibility index (Phi) is 6.37. The third-order valence-corrected chi connectivity index (χ3v) is 7.29. The fourth-order valence-electron chi connectivity index (χ4n) is 4.38. The van der Waals surface area contributed by atoms with Gasteiger partial charge in [0.15, 0.2) is 6.61 Å². The van der Waals surface area contributed by atoms with Crippen LogP contribution in [0.1, 0.15) is 52.0 Å². The summed E-state index contributed by atoms with van der Waals surface area (Å²) < 4.78 is 47.7. The summed E-state index contributed by atoms with van der Waals surface area (Å²) in [6, 6.07) is 4.67. The fraction of sp³-hybridized carbons (Fsp3) is 0.636. The number of hydrogen-bond acceptors (Lipinski definition) is 4. The predicted molar refractivity (Wildman–Crippen MR) is 112 cm³/mol. The zero-order valence-corrected chi connectivity index (χ0v) is 18.8. The second kappa shape index (κ2) is 8.28. The predicted octanol–water partition coefficient (Wildman–Crippen LogP) is 5.33. The van der Waals surface area contributed by atoms with E-state index in [0.717, 1.165) is 6.42 Å². The van der Waals surface area contributed by atoms with Crippen LogP contribution in [0.5, 0.6) is 5.75 Å². The first kappa shape index (κ1) is 23.9. The van der Waals surface area contributed by atoms with Crippen molar-refractivity contribution in [3.05, 3.63) is 28.8 Å². The maximum Gasteiger partial charge on any atom is 0.439 e. The van der Waals surface area contributed by atoms with E-state index in [1.54, 1.807) is 19.1 Å². The Hall–Kier alpha value is -1.80. The van der Waals surface area contributed by atoms with Crippen molar-refractivity contribution in [2.75, 3.05) is 6.61 Å². The molecule has 0 bridgehead atoms. The molecule has 5 nitrogen and oxygen atoms in total. The molecule has 0 spiro atoms. The van der Waals surface area contributed by atoms with E-state index in [4.69, 9.17) is 16.3 Å². The van der Waals surface area contributed by atoms with Crippen LogP contribution >= 0.6 is 11.6 Å². The maximum atomic E-state index is 14.1. The molecule has 1 N–H and O–H groups in total. The Morgan fingerprint density at radius 1 is 1.39 bits per heavy atom. The molecule has 1 aliphatic heterocycles. The lowest BCUT2D eigenvalue weighted by atomic mass is 9.64. The maximum absolute atomic E-state index is 14.1. The summed E-state index contributed by atoms with van der Waals surface area (Å²) in [4.78, 5) is 12.7. The Labute approximate surface area is 185 Å². The molecule has 0 radical (unpaired) electrons. The van der Waals surface area contributed by atoms with Gasteiger partial charge in [0.05, 0.1) is 5.92 Å². The standard InChI is InChI=1S/C22H28ClF3N2O3/c1-5-20(3,4)14-6-9-18-16(11-14)21(30,22(24,25)26)28(27-18)19(29)12-31-15-7-8-17(23)13(2)10-15/h7-8,10,14,16,30H,5-6,9,11-12H2,1-4H3/t14-,16-,21+/m1/s1. The van der Waals surface area contributed by atoms with Crippen molar-refractivity contribution in [1.29, 1.82) is 0 Å². The molecule has 3 rings (SSSR count). The average molecular weight is 461 g/mol. The Balaban J connectivity index is 1.83. The number of carbonyl (C=O) groups excluding carboxylic acids is 1. The molecule has 9 heteroatoms. The molecule has 3 atom stereocenters. The van der Waals surface area contributed by atoms with Gasteiger partial charge in [-0.2, -0.15) is 23.3 Å². The van der Waals surface area contributed by atoms with E-state index in [-0.39, 0.29) is 28.5 Å².